The first-order valence-electron chi connectivity index (χ1n) is 9.10. The van der Waals surface area contributed by atoms with E-state index in [9.17, 15) is 14.7 Å². The molecule has 29 heavy (non-hydrogen) atoms. The van der Waals surface area contributed by atoms with Crippen LogP contribution in [0.5, 0.6) is 11.5 Å². The van der Waals surface area contributed by atoms with Crippen LogP contribution in [0.2, 0.25) is 0 Å². The van der Waals surface area contributed by atoms with Crippen molar-refractivity contribution in [2.24, 2.45) is 0 Å². The first-order chi connectivity index (χ1) is 13.8. The smallest absolute Gasteiger partial charge is 0.340 e. The van der Waals surface area contributed by atoms with E-state index in [1.54, 1.807) is 50.2 Å². The molecule has 0 saturated heterocycles. The maximum absolute atomic E-state index is 12.6. The molecule has 2 aromatic carbocycles. The molecule has 0 aliphatic rings. The molecule has 0 aliphatic carbocycles. The molecule has 0 unspecified atom stereocenters. The summed E-state index contributed by atoms with van der Waals surface area (Å²) in [4.78, 5) is 25.1. The molecule has 7 heteroatoms. The van der Waals surface area contributed by atoms with Crippen molar-refractivity contribution < 1.29 is 23.8 Å². The summed E-state index contributed by atoms with van der Waals surface area (Å²) in [5, 5.41) is 13.1. The molecule has 0 radical (unpaired) electrons. The predicted octanol–water partition coefficient (Wildman–Crippen LogP) is 3.35. The quantitative estimate of drug-likeness (QED) is 0.619. The number of aliphatic hydroxyl groups is 1. The predicted molar refractivity (Wildman–Crippen MR) is 110 cm³/mol. The van der Waals surface area contributed by atoms with Gasteiger partial charge >= 0.3 is 5.63 Å². The second-order valence-electron chi connectivity index (χ2n) is 6.70. The summed E-state index contributed by atoms with van der Waals surface area (Å²) < 4.78 is 16.0. The molecule has 0 fully saturated rings. The van der Waals surface area contributed by atoms with E-state index in [0.29, 0.717) is 33.7 Å². The van der Waals surface area contributed by atoms with Crippen molar-refractivity contribution in [2.75, 3.05) is 19.5 Å². The first-order valence-corrected chi connectivity index (χ1v) is 9.10. The summed E-state index contributed by atoms with van der Waals surface area (Å²) in [5.41, 5.74) is 1.82. The van der Waals surface area contributed by atoms with Crippen LogP contribution < -0.4 is 20.4 Å². The van der Waals surface area contributed by atoms with Crippen LogP contribution >= 0.6 is 0 Å². The second kappa shape index (κ2) is 8.36. The van der Waals surface area contributed by atoms with Gasteiger partial charge in [-0.25, -0.2) is 4.79 Å². The van der Waals surface area contributed by atoms with E-state index < -0.39 is 11.7 Å². The fourth-order valence-corrected chi connectivity index (χ4v) is 3.21. The number of methoxy groups -OCH3 is 2. The minimum Gasteiger partial charge on any atom is -0.493 e. The van der Waals surface area contributed by atoms with Crippen molar-refractivity contribution in [3.05, 3.63) is 63.5 Å². The van der Waals surface area contributed by atoms with Crippen molar-refractivity contribution in [1.82, 2.24) is 0 Å². The molecule has 3 aromatic rings. The monoisotopic (exact) mass is 397 g/mol. The number of anilines is 1. The molecule has 1 aromatic heterocycles. The topological polar surface area (TPSA) is 98.0 Å². The Morgan fingerprint density at radius 3 is 2.62 bits per heavy atom. The number of carbonyl (C=O) groups excluding carboxylic acids is 1. The third-order valence-electron chi connectivity index (χ3n) is 4.79. The summed E-state index contributed by atoms with van der Waals surface area (Å²) in [5.74, 6) is 0.421. The van der Waals surface area contributed by atoms with Crippen LogP contribution in [0, 0.1) is 6.92 Å². The van der Waals surface area contributed by atoms with Gasteiger partial charge in [0.15, 0.2) is 11.3 Å². The van der Waals surface area contributed by atoms with Crippen LogP contribution in [-0.4, -0.2) is 25.2 Å². The van der Waals surface area contributed by atoms with Gasteiger partial charge in [0.1, 0.15) is 0 Å². The number of hydrogen-bond acceptors (Lipinski definition) is 6. The highest BCUT2D eigenvalue weighted by molar-refractivity contribution is 5.94. The Hall–Kier alpha value is -3.32. The largest absolute Gasteiger partial charge is 0.493 e. The number of carbonyl (C=O) groups is 1. The number of aryl methyl sites for hydroxylation is 1. The number of amides is 1. The molecule has 7 nitrogen and oxygen atoms in total. The van der Waals surface area contributed by atoms with Gasteiger partial charge in [0.2, 0.25) is 11.7 Å². The fraction of sp³-hybridized carbons (Fsp3) is 0.273. The Kier molecular flexibility index (Phi) is 5.89. The molecule has 152 valence electrons. The highest BCUT2D eigenvalue weighted by atomic mass is 16.5. The molecule has 2 N–H and O–H groups in total. The number of rotatable bonds is 6. The average molecular weight is 397 g/mol. The number of ether oxygens (including phenoxy) is 2. The Balaban J connectivity index is 1.93. The van der Waals surface area contributed by atoms with E-state index >= 15 is 0 Å². The summed E-state index contributed by atoms with van der Waals surface area (Å²) in [7, 11) is 2.97. The number of nitrogens with one attached hydrogen (secondary N) is 1. The van der Waals surface area contributed by atoms with Gasteiger partial charge in [-0.2, -0.15) is 0 Å². The summed E-state index contributed by atoms with van der Waals surface area (Å²) in [6.07, 6.45) is -0.786. The third-order valence-corrected chi connectivity index (χ3v) is 4.79. The average Bonchev–Trinajstić information content (AvgIpc) is 2.70. The van der Waals surface area contributed by atoms with Gasteiger partial charge in [-0.15, -0.1) is 0 Å². The normalized spacial score (nSPS) is 11.9. The van der Waals surface area contributed by atoms with E-state index in [-0.39, 0.29) is 23.5 Å². The van der Waals surface area contributed by atoms with Crippen LogP contribution in [-0.2, 0) is 11.2 Å². The van der Waals surface area contributed by atoms with Crippen molar-refractivity contribution in [2.45, 2.75) is 26.4 Å². The zero-order valence-corrected chi connectivity index (χ0v) is 16.7. The van der Waals surface area contributed by atoms with Crippen LogP contribution in [0.25, 0.3) is 11.0 Å². The molecule has 1 amide bonds. The highest BCUT2D eigenvalue weighted by Gasteiger charge is 2.19. The Morgan fingerprint density at radius 2 is 1.97 bits per heavy atom. The lowest BCUT2D eigenvalue weighted by molar-refractivity contribution is -0.115. The fourth-order valence-electron chi connectivity index (χ4n) is 3.21. The minimum absolute atomic E-state index is 0.142. The van der Waals surface area contributed by atoms with Gasteiger partial charge in [-0.1, -0.05) is 12.1 Å². The first kappa shape index (κ1) is 20.4. The molecule has 3 rings (SSSR count). The SMILES string of the molecule is COc1ccc2c(C)c(CC(=O)Nc3cccc([C@@H](C)O)c3)c(=O)oc2c1OC. The van der Waals surface area contributed by atoms with Gasteiger partial charge in [0, 0.05) is 11.1 Å². The molecule has 0 bridgehead atoms. The van der Waals surface area contributed by atoms with Crippen molar-refractivity contribution in [1.29, 1.82) is 0 Å². The molecular weight excluding hydrogens is 374 g/mol. The molecule has 1 atom stereocenters. The lowest BCUT2D eigenvalue weighted by Crippen LogP contribution is -2.20. The number of hydrogen-bond donors (Lipinski definition) is 2. The Bertz CT molecular complexity index is 1120. The van der Waals surface area contributed by atoms with Crippen molar-refractivity contribution >= 4 is 22.6 Å². The van der Waals surface area contributed by atoms with E-state index in [1.807, 2.05) is 0 Å². The maximum atomic E-state index is 12.6. The van der Waals surface area contributed by atoms with Gasteiger partial charge in [-0.3, -0.25) is 4.79 Å². The Morgan fingerprint density at radius 1 is 1.21 bits per heavy atom. The van der Waals surface area contributed by atoms with Gasteiger partial charge in [-0.05, 0) is 49.2 Å². The molecule has 1 heterocycles. The van der Waals surface area contributed by atoms with E-state index in [1.165, 1.54) is 14.2 Å². The minimum atomic E-state index is -0.645. The van der Waals surface area contributed by atoms with Crippen LogP contribution in [0.3, 0.4) is 0 Å². The highest BCUT2D eigenvalue weighted by Crippen LogP contribution is 2.36. The van der Waals surface area contributed by atoms with Gasteiger partial charge < -0.3 is 24.3 Å². The maximum Gasteiger partial charge on any atom is 0.340 e. The number of aliphatic hydroxyl groups excluding tert-OH is 1. The van der Waals surface area contributed by atoms with Crippen molar-refractivity contribution in [3.63, 3.8) is 0 Å². The number of benzene rings is 2. The molecular formula is C22H23NO6. The summed E-state index contributed by atoms with van der Waals surface area (Å²) in [6, 6.07) is 10.4. The van der Waals surface area contributed by atoms with E-state index in [4.69, 9.17) is 13.9 Å². The van der Waals surface area contributed by atoms with Crippen LogP contribution in [0.1, 0.15) is 29.7 Å². The Labute approximate surface area is 167 Å². The van der Waals surface area contributed by atoms with Crippen LogP contribution in [0.4, 0.5) is 5.69 Å². The summed E-state index contributed by atoms with van der Waals surface area (Å²) in [6.45, 7) is 3.41. The summed E-state index contributed by atoms with van der Waals surface area (Å²) >= 11 is 0. The van der Waals surface area contributed by atoms with Crippen LogP contribution in [0.15, 0.2) is 45.6 Å². The molecule has 0 spiro atoms. The molecule has 0 saturated carbocycles. The standard InChI is InChI=1S/C22H23NO6/c1-12-16-8-9-18(27-3)21(28-4)20(16)29-22(26)17(12)11-19(25)23-15-7-5-6-14(10-15)13(2)24/h5-10,13,24H,11H2,1-4H3,(H,23,25)/t13-/m1/s1. The zero-order valence-electron chi connectivity index (χ0n) is 16.7. The van der Waals surface area contributed by atoms with Gasteiger partial charge in [0.25, 0.3) is 0 Å². The van der Waals surface area contributed by atoms with E-state index in [0.717, 1.165) is 0 Å². The van der Waals surface area contributed by atoms with Gasteiger partial charge in [0.05, 0.1) is 32.3 Å². The van der Waals surface area contributed by atoms with Crippen molar-refractivity contribution in [3.8, 4) is 11.5 Å². The third kappa shape index (κ3) is 4.09. The second-order valence-corrected chi connectivity index (χ2v) is 6.70. The molecule has 0 aliphatic heterocycles. The lowest BCUT2D eigenvalue weighted by Gasteiger charge is -2.13. The van der Waals surface area contributed by atoms with E-state index in [2.05, 4.69) is 5.32 Å². The zero-order chi connectivity index (χ0) is 21.1. The lowest BCUT2D eigenvalue weighted by atomic mass is 10.0. The number of fused-ring (bicyclic) bond motifs is 1.